The number of halogens is 1. The molecule has 0 heterocycles. The molecule has 0 aliphatic carbocycles. The molecule has 2 N–H and O–H groups in total. The molecule has 0 unspecified atom stereocenters. The van der Waals surface area contributed by atoms with Gasteiger partial charge in [0.15, 0.2) is 0 Å². The van der Waals surface area contributed by atoms with E-state index >= 15 is 0 Å². The minimum absolute atomic E-state index is 0.0805. The van der Waals surface area contributed by atoms with Crippen molar-refractivity contribution in [3.63, 3.8) is 0 Å². The van der Waals surface area contributed by atoms with Gasteiger partial charge in [-0.25, -0.2) is 17.5 Å². The first-order valence-corrected chi connectivity index (χ1v) is 7.98. The fourth-order valence-corrected chi connectivity index (χ4v) is 3.24. The first kappa shape index (κ1) is 15.6. The molecule has 0 aliphatic heterocycles. The van der Waals surface area contributed by atoms with Crippen molar-refractivity contribution in [1.82, 2.24) is 10.0 Å². The SMILES string of the molecule is CNCc1ccccc1S(=O)(=O)NCc1ccccc1F. The van der Waals surface area contributed by atoms with E-state index in [4.69, 9.17) is 0 Å². The molecule has 2 aromatic rings. The molecule has 21 heavy (non-hydrogen) atoms. The van der Waals surface area contributed by atoms with Crippen LogP contribution in [0.15, 0.2) is 53.4 Å². The van der Waals surface area contributed by atoms with Gasteiger partial charge < -0.3 is 5.32 Å². The Morgan fingerprint density at radius 1 is 0.952 bits per heavy atom. The Morgan fingerprint density at radius 3 is 2.24 bits per heavy atom. The van der Waals surface area contributed by atoms with Crippen molar-refractivity contribution in [3.05, 3.63) is 65.5 Å². The van der Waals surface area contributed by atoms with Gasteiger partial charge in [-0.15, -0.1) is 0 Å². The molecule has 0 atom stereocenters. The maximum absolute atomic E-state index is 13.5. The van der Waals surface area contributed by atoms with E-state index in [1.165, 1.54) is 12.1 Å². The molecule has 0 amide bonds. The molecule has 2 rings (SSSR count). The summed E-state index contributed by atoms with van der Waals surface area (Å²) in [5.41, 5.74) is 0.980. The second-order valence-electron chi connectivity index (χ2n) is 4.55. The highest BCUT2D eigenvalue weighted by Crippen LogP contribution is 2.16. The Balaban J connectivity index is 2.21. The van der Waals surface area contributed by atoms with Crippen molar-refractivity contribution in [1.29, 1.82) is 0 Å². The van der Waals surface area contributed by atoms with Crippen LogP contribution in [0.5, 0.6) is 0 Å². The van der Waals surface area contributed by atoms with Crippen LogP contribution in [0.1, 0.15) is 11.1 Å². The van der Waals surface area contributed by atoms with Crippen LogP contribution in [-0.4, -0.2) is 15.5 Å². The molecule has 0 saturated carbocycles. The van der Waals surface area contributed by atoms with Gasteiger partial charge in [-0.2, -0.15) is 0 Å². The molecule has 0 fully saturated rings. The van der Waals surface area contributed by atoms with Gasteiger partial charge >= 0.3 is 0 Å². The number of nitrogens with one attached hydrogen (secondary N) is 2. The minimum atomic E-state index is -3.68. The zero-order valence-electron chi connectivity index (χ0n) is 11.6. The summed E-state index contributed by atoms with van der Waals surface area (Å²) >= 11 is 0. The van der Waals surface area contributed by atoms with E-state index in [-0.39, 0.29) is 11.4 Å². The summed E-state index contributed by atoms with van der Waals surface area (Å²) in [4.78, 5) is 0.204. The number of hydrogen-bond donors (Lipinski definition) is 2. The van der Waals surface area contributed by atoms with Crippen LogP contribution >= 0.6 is 0 Å². The van der Waals surface area contributed by atoms with Gasteiger partial charge in [0.05, 0.1) is 4.90 Å². The third-order valence-electron chi connectivity index (χ3n) is 3.04. The quantitative estimate of drug-likeness (QED) is 0.858. The zero-order chi connectivity index (χ0) is 15.3. The van der Waals surface area contributed by atoms with Gasteiger partial charge in [-0.05, 0) is 24.7 Å². The van der Waals surface area contributed by atoms with E-state index in [9.17, 15) is 12.8 Å². The van der Waals surface area contributed by atoms with Gasteiger partial charge in [-0.1, -0.05) is 36.4 Å². The summed E-state index contributed by atoms with van der Waals surface area (Å²) in [6.45, 7) is 0.361. The third-order valence-corrected chi connectivity index (χ3v) is 4.54. The van der Waals surface area contributed by atoms with Gasteiger partial charge in [0.1, 0.15) is 5.82 Å². The van der Waals surface area contributed by atoms with Gasteiger partial charge in [0.2, 0.25) is 10.0 Å². The molecule has 0 saturated heterocycles. The zero-order valence-corrected chi connectivity index (χ0v) is 12.5. The largest absolute Gasteiger partial charge is 0.316 e. The van der Waals surface area contributed by atoms with Gasteiger partial charge in [0, 0.05) is 18.7 Å². The Hall–Kier alpha value is -1.76. The molecule has 112 valence electrons. The van der Waals surface area contributed by atoms with Gasteiger partial charge in [0.25, 0.3) is 0 Å². The number of rotatable bonds is 6. The summed E-state index contributed by atoms with van der Waals surface area (Å²) in [6.07, 6.45) is 0. The lowest BCUT2D eigenvalue weighted by atomic mass is 10.2. The molecule has 4 nitrogen and oxygen atoms in total. The second kappa shape index (κ2) is 6.80. The molecule has 0 bridgehead atoms. The fourth-order valence-electron chi connectivity index (χ4n) is 1.99. The number of sulfonamides is 1. The molecular formula is C15H17FN2O2S. The topological polar surface area (TPSA) is 58.2 Å². The predicted octanol–water partition coefficient (Wildman–Crippen LogP) is 2.02. The van der Waals surface area contributed by atoms with Crippen LogP contribution in [0, 0.1) is 5.82 Å². The summed E-state index contributed by atoms with van der Waals surface area (Å²) in [5, 5.41) is 2.93. The molecular weight excluding hydrogens is 291 g/mol. The van der Waals surface area contributed by atoms with Crippen molar-refractivity contribution in [2.24, 2.45) is 0 Å². The van der Waals surface area contributed by atoms with Crippen LogP contribution in [0.25, 0.3) is 0 Å². The maximum atomic E-state index is 13.5. The van der Waals surface area contributed by atoms with Crippen molar-refractivity contribution in [2.75, 3.05) is 7.05 Å². The minimum Gasteiger partial charge on any atom is -0.316 e. The smallest absolute Gasteiger partial charge is 0.241 e. The Bertz CT molecular complexity index is 717. The molecule has 0 aromatic heterocycles. The average molecular weight is 308 g/mol. The van der Waals surface area contributed by atoms with Crippen LogP contribution in [0.3, 0.4) is 0 Å². The lowest BCUT2D eigenvalue weighted by Gasteiger charge is -2.11. The van der Waals surface area contributed by atoms with E-state index in [2.05, 4.69) is 10.0 Å². The van der Waals surface area contributed by atoms with Crippen LogP contribution in [-0.2, 0) is 23.1 Å². The Kier molecular flexibility index (Phi) is 5.06. The monoisotopic (exact) mass is 308 g/mol. The van der Waals surface area contributed by atoms with Gasteiger partial charge in [-0.3, -0.25) is 0 Å². The number of benzene rings is 2. The second-order valence-corrected chi connectivity index (χ2v) is 6.29. The molecule has 0 spiro atoms. The Labute approximate surface area is 124 Å². The lowest BCUT2D eigenvalue weighted by molar-refractivity contribution is 0.573. The third kappa shape index (κ3) is 3.87. The van der Waals surface area contributed by atoms with Crippen LogP contribution in [0.2, 0.25) is 0 Å². The fraction of sp³-hybridized carbons (Fsp3) is 0.200. The number of hydrogen-bond acceptors (Lipinski definition) is 3. The normalized spacial score (nSPS) is 11.5. The van der Waals surface area contributed by atoms with Crippen molar-refractivity contribution >= 4 is 10.0 Å². The highest BCUT2D eigenvalue weighted by atomic mass is 32.2. The maximum Gasteiger partial charge on any atom is 0.241 e. The van der Waals surface area contributed by atoms with Crippen molar-refractivity contribution < 1.29 is 12.8 Å². The predicted molar refractivity (Wildman–Crippen MR) is 79.6 cm³/mol. The van der Waals surface area contributed by atoms with E-state index < -0.39 is 15.8 Å². The van der Waals surface area contributed by atoms with E-state index in [0.717, 1.165) is 0 Å². The molecule has 0 radical (unpaired) electrons. The first-order chi connectivity index (χ1) is 10.0. The highest BCUT2D eigenvalue weighted by Gasteiger charge is 2.17. The van der Waals surface area contributed by atoms with Crippen LogP contribution in [0.4, 0.5) is 4.39 Å². The first-order valence-electron chi connectivity index (χ1n) is 6.50. The standard InChI is InChI=1S/C15H17FN2O2S/c1-17-10-13-7-3-5-9-15(13)21(19,20)18-11-12-6-2-4-8-14(12)16/h2-9,17-18H,10-11H2,1H3. The van der Waals surface area contributed by atoms with E-state index in [1.807, 2.05) is 0 Å². The van der Waals surface area contributed by atoms with E-state index in [0.29, 0.717) is 17.7 Å². The van der Waals surface area contributed by atoms with E-state index in [1.54, 1.807) is 43.4 Å². The summed E-state index contributed by atoms with van der Waals surface area (Å²) in [5.74, 6) is -0.427. The van der Waals surface area contributed by atoms with Crippen molar-refractivity contribution in [3.8, 4) is 0 Å². The van der Waals surface area contributed by atoms with Crippen molar-refractivity contribution in [2.45, 2.75) is 18.0 Å². The lowest BCUT2D eigenvalue weighted by Crippen LogP contribution is -2.25. The molecule has 0 aliphatic rings. The average Bonchev–Trinajstić information content (AvgIpc) is 2.47. The summed E-state index contributed by atoms with van der Waals surface area (Å²) < 4.78 is 40.7. The molecule has 6 heteroatoms. The summed E-state index contributed by atoms with van der Waals surface area (Å²) in [6, 6.07) is 12.8. The highest BCUT2D eigenvalue weighted by molar-refractivity contribution is 7.89. The Morgan fingerprint density at radius 2 is 1.57 bits per heavy atom. The van der Waals surface area contributed by atoms with Crippen LogP contribution < -0.4 is 10.0 Å². The summed E-state index contributed by atoms with van der Waals surface area (Å²) in [7, 11) is -1.94. The molecule has 2 aromatic carbocycles.